The average Bonchev–Trinajstić information content (AvgIpc) is 2.30. The van der Waals surface area contributed by atoms with Crippen molar-refractivity contribution in [3.8, 4) is 0 Å². The van der Waals surface area contributed by atoms with Gasteiger partial charge in [-0.15, -0.1) is 4.91 Å². The highest BCUT2D eigenvalue weighted by Crippen LogP contribution is 2.23. The molecule has 0 aliphatic rings. The molecule has 0 fully saturated rings. The van der Waals surface area contributed by atoms with Crippen LogP contribution in [0.15, 0.2) is 38.8 Å². The summed E-state index contributed by atoms with van der Waals surface area (Å²) < 4.78 is 5.10. The first-order chi connectivity index (χ1) is 8.15. The Labute approximate surface area is 97.6 Å². The van der Waals surface area contributed by atoms with E-state index in [2.05, 4.69) is 5.29 Å². The molecule has 17 heavy (non-hydrogen) atoms. The van der Waals surface area contributed by atoms with Crippen LogP contribution in [0.4, 0.5) is 5.69 Å². The van der Waals surface area contributed by atoms with Crippen LogP contribution in [0.25, 0.3) is 11.0 Å². The monoisotopic (exact) mass is 232 g/mol. The molecular formula is C12H12N2O3. The van der Waals surface area contributed by atoms with Crippen LogP contribution in [0.1, 0.15) is 12.5 Å². The molecule has 0 atom stereocenters. The van der Waals surface area contributed by atoms with Crippen LogP contribution < -0.4 is 10.6 Å². The lowest BCUT2D eigenvalue weighted by molar-refractivity contribution is 0.560. The van der Waals surface area contributed by atoms with Crippen LogP contribution >= 0.6 is 0 Å². The molecule has 0 aliphatic heterocycles. The molecule has 1 aromatic carbocycles. The molecule has 1 heterocycles. The van der Waals surface area contributed by atoms with Crippen LogP contribution in [-0.4, -0.2) is 6.54 Å². The van der Waals surface area contributed by atoms with Crippen molar-refractivity contribution in [1.29, 1.82) is 0 Å². The minimum absolute atomic E-state index is 0.394. The molecule has 5 nitrogen and oxygen atoms in total. The average molecular weight is 232 g/mol. The summed E-state index contributed by atoms with van der Waals surface area (Å²) in [7, 11) is 0. The van der Waals surface area contributed by atoms with Crippen LogP contribution in [0, 0.1) is 11.8 Å². The summed E-state index contributed by atoms with van der Waals surface area (Å²) in [6.07, 6.45) is 0. The van der Waals surface area contributed by atoms with Gasteiger partial charge in [-0.05, 0) is 31.5 Å². The number of hydrogen-bond donors (Lipinski definition) is 0. The summed E-state index contributed by atoms with van der Waals surface area (Å²) in [6.45, 7) is 4.12. The molecule has 0 N–H and O–H groups in total. The van der Waals surface area contributed by atoms with Crippen molar-refractivity contribution >= 4 is 16.7 Å². The molecule has 0 radical (unpaired) electrons. The highest BCUT2D eigenvalue weighted by molar-refractivity contribution is 5.83. The van der Waals surface area contributed by atoms with E-state index < -0.39 is 5.63 Å². The second-order valence-electron chi connectivity index (χ2n) is 3.73. The molecular weight excluding hydrogens is 220 g/mol. The van der Waals surface area contributed by atoms with E-state index in [0.29, 0.717) is 17.8 Å². The lowest BCUT2D eigenvalue weighted by Gasteiger charge is -2.12. The zero-order chi connectivity index (χ0) is 12.4. The maximum absolute atomic E-state index is 11.3. The van der Waals surface area contributed by atoms with E-state index in [1.54, 1.807) is 12.1 Å². The van der Waals surface area contributed by atoms with E-state index in [4.69, 9.17) is 4.42 Å². The fraction of sp³-hybridized carbons (Fsp3) is 0.250. The predicted molar refractivity (Wildman–Crippen MR) is 66.0 cm³/mol. The van der Waals surface area contributed by atoms with E-state index in [0.717, 1.165) is 10.9 Å². The Morgan fingerprint density at radius 2 is 2.12 bits per heavy atom. The first-order valence-corrected chi connectivity index (χ1v) is 5.31. The van der Waals surface area contributed by atoms with Crippen LogP contribution in [0.3, 0.4) is 0 Å². The highest BCUT2D eigenvalue weighted by atomic mass is 16.4. The first-order valence-electron chi connectivity index (χ1n) is 5.31. The molecule has 0 aliphatic carbocycles. The molecule has 0 unspecified atom stereocenters. The second kappa shape index (κ2) is 4.37. The van der Waals surface area contributed by atoms with Crippen molar-refractivity contribution in [2.75, 3.05) is 11.6 Å². The molecule has 1 aromatic heterocycles. The third-order valence-electron chi connectivity index (χ3n) is 2.63. The highest BCUT2D eigenvalue weighted by Gasteiger charge is 2.07. The summed E-state index contributed by atoms with van der Waals surface area (Å²) in [6, 6.07) is 6.68. The van der Waals surface area contributed by atoms with Crippen LogP contribution in [0.2, 0.25) is 0 Å². The Balaban J connectivity index is 2.65. The summed E-state index contributed by atoms with van der Waals surface area (Å²) in [5.74, 6) is 0. The van der Waals surface area contributed by atoms with Gasteiger partial charge >= 0.3 is 5.63 Å². The molecule has 2 aromatic rings. The van der Waals surface area contributed by atoms with Gasteiger partial charge in [0, 0.05) is 24.1 Å². The number of fused-ring (bicyclic) bond motifs is 1. The molecule has 0 spiro atoms. The number of hydrogen-bond acceptors (Lipinski definition) is 4. The standard InChI is InChI=1S/C12H12N2O3/c1-3-14(13-16)9-4-5-10-8(2)6-12(15)17-11(10)7-9/h4-7H,3H2,1-2H3. The van der Waals surface area contributed by atoms with Gasteiger partial charge < -0.3 is 4.42 Å². The largest absolute Gasteiger partial charge is 0.423 e. The van der Waals surface area contributed by atoms with E-state index >= 15 is 0 Å². The number of rotatable bonds is 3. The fourth-order valence-corrected chi connectivity index (χ4v) is 1.76. The first kappa shape index (κ1) is 11.3. The van der Waals surface area contributed by atoms with Gasteiger partial charge in [0.15, 0.2) is 0 Å². The smallest absolute Gasteiger partial charge is 0.336 e. The number of nitroso groups, excluding NO2 is 1. The van der Waals surface area contributed by atoms with Crippen molar-refractivity contribution in [2.24, 2.45) is 5.29 Å². The van der Waals surface area contributed by atoms with Gasteiger partial charge in [-0.1, -0.05) is 0 Å². The molecule has 0 bridgehead atoms. The Hall–Kier alpha value is -2.17. The Morgan fingerprint density at radius 1 is 1.35 bits per heavy atom. The fourth-order valence-electron chi connectivity index (χ4n) is 1.76. The SMILES string of the molecule is CCN(N=O)c1ccc2c(C)cc(=O)oc2c1. The number of aryl methyl sites for hydroxylation is 1. The minimum atomic E-state index is -0.394. The molecule has 2 rings (SSSR count). The van der Waals surface area contributed by atoms with Gasteiger partial charge in [-0.2, -0.15) is 0 Å². The minimum Gasteiger partial charge on any atom is -0.423 e. The van der Waals surface area contributed by atoms with Crippen molar-refractivity contribution in [2.45, 2.75) is 13.8 Å². The summed E-state index contributed by atoms with van der Waals surface area (Å²) in [5, 5.41) is 5.04. The molecule has 5 heteroatoms. The van der Waals surface area contributed by atoms with E-state index in [-0.39, 0.29) is 0 Å². The second-order valence-corrected chi connectivity index (χ2v) is 3.73. The molecule has 0 amide bonds. The summed E-state index contributed by atoms with van der Waals surface area (Å²) in [5.41, 5.74) is 1.54. The third-order valence-corrected chi connectivity index (χ3v) is 2.63. The Morgan fingerprint density at radius 3 is 2.76 bits per heavy atom. The third kappa shape index (κ3) is 2.04. The number of nitrogens with zero attached hydrogens (tertiary/aromatic N) is 2. The predicted octanol–water partition coefficient (Wildman–Crippen LogP) is 2.61. The van der Waals surface area contributed by atoms with Crippen molar-refractivity contribution < 1.29 is 4.42 Å². The maximum atomic E-state index is 11.3. The number of anilines is 1. The zero-order valence-electron chi connectivity index (χ0n) is 9.64. The van der Waals surface area contributed by atoms with Crippen LogP contribution in [0.5, 0.6) is 0 Å². The van der Waals surface area contributed by atoms with Gasteiger partial charge in [0.05, 0.1) is 11.0 Å². The van der Waals surface area contributed by atoms with E-state index in [9.17, 15) is 9.70 Å². The van der Waals surface area contributed by atoms with Gasteiger partial charge in [0.2, 0.25) is 0 Å². The Kier molecular flexibility index (Phi) is 2.91. The van der Waals surface area contributed by atoms with Gasteiger partial charge in [-0.3, -0.25) is 0 Å². The van der Waals surface area contributed by atoms with E-state index in [1.807, 2.05) is 19.9 Å². The summed E-state index contributed by atoms with van der Waals surface area (Å²) >= 11 is 0. The van der Waals surface area contributed by atoms with Crippen molar-refractivity contribution in [3.05, 3.63) is 45.2 Å². The molecule has 0 saturated carbocycles. The number of benzene rings is 1. The quantitative estimate of drug-likeness (QED) is 0.463. The topological polar surface area (TPSA) is 62.9 Å². The lowest BCUT2D eigenvalue weighted by atomic mass is 10.1. The van der Waals surface area contributed by atoms with Crippen molar-refractivity contribution in [3.63, 3.8) is 0 Å². The van der Waals surface area contributed by atoms with E-state index in [1.165, 1.54) is 11.1 Å². The maximum Gasteiger partial charge on any atom is 0.336 e. The molecule has 0 saturated heterocycles. The normalized spacial score (nSPS) is 10.5. The lowest BCUT2D eigenvalue weighted by Crippen LogP contribution is -2.13. The van der Waals surface area contributed by atoms with Gasteiger partial charge in [0.25, 0.3) is 0 Å². The van der Waals surface area contributed by atoms with Crippen LogP contribution in [-0.2, 0) is 0 Å². The Bertz CT molecular complexity index is 619. The van der Waals surface area contributed by atoms with Gasteiger partial charge in [0.1, 0.15) is 5.58 Å². The van der Waals surface area contributed by atoms with Crippen molar-refractivity contribution in [1.82, 2.24) is 0 Å². The summed E-state index contributed by atoms with van der Waals surface area (Å²) in [4.78, 5) is 21.8. The zero-order valence-corrected chi connectivity index (χ0v) is 9.64. The molecule has 88 valence electrons. The van der Waals surface area contributed by atoms with Gasteiger partial charge in [-0.25, -0.2) is 9.80 Å².